The van der Waals surface area contributed by atoms with E-state index in [2.05, 4.69) is 21.2 Å². The van der Waals surface area contributed by atoms with Gasteiger partial charge in [0, 0.05) is 16.7 Å². The smallest absolute Gasteiger partial charge is 0.178 e. The number of halogens is 1. The summed E-state index contributed by atoms with van der Waals surface area (Å²) >= 11 is 3.51. The summed E-state index contributed by atoms with van der Waals surface area (Å²) in [7, 11) is -3.14. The van der Waals surface area contributed by atoms with Crippen LogP contribution in [0.5, 0.6) is 0 Å². The molecule has 0 atom stereocenters. The van der Waals surface area contributed by atoms with Crippen LogP contribution in [-0.2, 0) is 16.4 Å². The van der Waals surface area contributed by atoms with E-state index in [4.69, 9.17) is 0 Å². The normalized spacial score (nSPS) is 11.3. The van der Waals surface area contributed by atoms with Gasteiger partial charge in [-0.3, -0.25) is 0 Å². The average Bonchev–Trinajstić information content (AvgIpc) is 2.47. The summed E-state index contributed by atoms with van der Waals surface area (Å²) in [4.78, 5) is 0.385. The predicted molar refractivity (Wildman–Crippen MR) is 90.3 cm³/mol. The van der Waals surface area contributed by atoms with Gasteiger partial charge in [0.15, 0.2) is 9.84 Å². The minimum absolute atomic E-state index is 0.191. The highest BCUT2D eigenvalue weighted by molar-refractivity contribution is 9.10. The molecule has 21 heavy (non-hydrogen) atoms. The Bertz CT molecular complexity index is 696. The highest BCUT2D eigenvalue weighted by atomic mass is 79.9. The van der Waals surface area contributed by atoms with Gasteiger partial charge >= 0.3 is 0 Å². The number of benzene rings is 2. The zero-order chi connectivity index (χ0) is 15.3. The van der Waals surface area contributed by atoms with E-state index in [1.807, 2.05) is 31.2 Å². The van der Waals surface area contributed by atoms with Gasteiger partial charge in [-0.05, 0) is 42.3 Å². The molecule has 2 aromatic rings. The van der Waals surface area contributed by atoms with E-state index in [1.165, 1.54) is 0 Å². The molecule has 0 bridgehead atoms. The molecule has 0 aliphatic heterocycles. The minimum Gasteiger partial charge on any atom is -0.381 e. The van der Waals surface area contributed by atoms with Crippen LogP contribution < -0.4 is 5.32 Å². The number of anilines is 1. The summed E-state index contributed by atoms with van der Waals surface area (Å²) in [5.74, 6) is 0.191. The van der Waals surface area contributed by atoms with Crippen molar-refractivity contribution in [2.75, 3.05) is 11.1 Å². The number of hydrogen-bond acceptors (Lipinski definition) is 3. The highest BCUT2D eigenvalue weighted by Gasteiger charge is 2.12. The maximum atomic E-state index is 11.9. The lowest BCUT2D eigenvalue weighted by Crippen LogP contribution is -2.06. The maximum Gasteiger partial charge on any atom is 0.178 e. The molecule has 0 heterocycles. The molecule has 0 amide bonds. The Morgan fingerprint density at radius 2 is 1.71 bits per heavy atom. The number of rotatable bonds is 6. The summed E-state index contributed by atoms with van der Waals surface area (Å²) in [6.45, 7) is 2.55. The minimum atomic E-state index is -3.14. The molecule has 0 spiro atoms. The molecule has 1 N–H and O–H groups in total. The Hall–Kier alpha value is -1.33. The molecule has 112 valence electrons. The van der Waals surface area contributed by atoms with Crippen LogP contribution in [0.3, 0.4) is 0 Å². The first-order chi connectivity index (χ1) is 10.0. The van der Waals surface area contributed by atoms with Crippen molar-refractivity contribution in [3.8, 4) is 0 Å². The molecule has 0 saturated heterocycles. The molecule has 3 nitrogen and oxygen atoms in total. The van der Waals surface area contributed by atoms with Crippen molar-refractivity contribution < 1.29 is 8.42 Å². The fourth-order valence-corrected chi connectivity index (χ4v) is 3.75. The van der Waals surface area contributed by atoms with E-state index in [0.717, 1.165) is 15.7 Å². The van der Waals surface area contributed by atoms with Crippen LogP contribution in [0.2, 0.25) is 0 Å². The molecule has 0 fully saturated rings. The van der Waals surface area contributed by atoms with E-state index in [-0.39, 0.29) is 5.75 Å². The zero-order valence-electron chi connectivity index (χ0n) is 11.8. The Morgan fingerprint density at radius 3 is 2.33 bits per heavy atom. The van der Waals surface area contributed by atoms with Crippen molar-refractivity contribution >= 4 is 31.5 Å². The summed E-state index contributed by atoms with van der Waals surface area (Å²) < 4.78 is 24.9. The van der Waals surface area contributed by atoms with Gasteiger partial charge in [0.05, 0.1) is 10.6 Å². The largest absolute Gasteiger partial charge is 0.381 e. The Balaban J connectivity index is 2.05. The van der Waals surface area contributed by atoms with Crippen LogP contribution in [0.4, 0.5) is 5.69 Å². The third-order valence-corrected chi connectivity index (χ3v) is 5.84. The Labute approximate surface area is 134 Å². The van der Waals surface area contributed by atoms with Crippen molar-refractivity contribution in [2.45, 2.75) is 24.8 Å². The topological polar surface area (TPSA) is 46.2 Å². The standard InChI is InChI=1S/C16H18BrNO2S/c1-2-11-21(19,20)15-9-7-14(8-10-15)18-12-13-5-3-4-6-16(13)17/h3-10,18H,2,11-12H2,1H3. The summed E-state index contributed by atoms with van der Waals surface area (Å²) in [5.41, 5.74) is 2.06. The monoisotopic (exact) mass is 367 g/mol. The van der Waals surface area contributed by atoms with E-state index in [1.54, 1.807) is 24.3 Å². The molecule has 2 aromatic carbocycles. The maximum absolute atomic E-state index is 11.9. The number of sulfone groups is 1. The van der Waals surface area contributed by atoms with Crippen LogP contribution in [0.15, 0.2) is 57.9 Å². The van der Waals surface area contributed by atoms with Gasteiger partial charge < -0.3 is 5.32 Å². The Kier molecular flexibility index (Phi) is 5.42. The lowest BCUT2D eigenvalue weighted by molar-refractivity contribution is 0.595. The molecule has 0 aliphatic carbocycles. The fraction of sp³-hybridized carbons (Fsp3) is 0.250. The van der Waals surface area contributed by atoms with Crippen molar-refractivity contribution in [2.24, 2.45) is 0 Å². The zero-order valence-corrected chi connectivity index (χ0v) is 14.2. The molecule has 0 radical (unpaired) electrons. The van der Waals surface area contributed by atoms with Gasteiger partial charge in [-0.1, -0.05) is 41.1 Å². The van der Waals surface area contributed by atoms with Crippen molar-refractivity contribution in [3.05, 3.63) is 58.6 Å². The first-order valence-corrected chi connectivity index (χ1v) is 9.27. The third-order valence-electron chi connectivity index (χ3n) is 3.13. The van der Waals surface area contributed by atoms with Crippen LogP contribution in [0.25, 0.3) is 0 Å². The van der Waals surface area contributed by atoms with Gasteiger partial charge in [0.25, 0.3) is 0 Å². The van der Waals surface area contributed by atoms with Crippen LogP contribution in [0.1, 0.15) is 18.9 Å². The lowest BCUT2D eigenvalue weighted by Gasteiger charge is -2.09. The van der Waals surface area contributed by atoms with E-state index in [0.29, 0.717) is 17.9 Å². The molecule has 0 unspecified atom stereocenters. The van der Waals surface area contributed by atoms with Crippen molar-refractivity contribution in [1.29, 1.82) is 0 Å². The van der Waals surface area contributed by atoms with E-state index >= 15 is 0 Å². The summed E-state index contributed by atoms with van der Waals surface area (Å²) in [6, 6.07) is 14.9. The number of nitrogens with one attached hydrogen (secondary N) is 1. The van der Waals surface area contributed by atoms with E-state index < -0.39 is 9.84 Å². The van der Waals surface area contributed by atoms with E-state index in [9.17, 15) is 8.42 Å². The summed E-state index contributed by atoms with van der Waals surface area (Å²) in [6.07, 6.45) is 0.629. The second kappa shape index (κ2) is 7.09. The first-order valence-electron chi connectivity index (χ1n) is 6.83. The molecule has 0 aromatic heterocycles. The van der Waals surface area contributed by atoms with Gasteiger partial charge in [-0.15, -0.1) is 0 Å². The molecular weight excluding hydrogens is 350 g/mol. The molecular formula is C16H18BrNO2S. The molecule has 2 rings (SSSR count). The average molecular weight is 368 g/mol. The second-order valence-electron chi connectivity index (χ2n) is 4.79. The van der Waals surface area contributed by atoms with Crippen molar-refractivity contribution in [3.63, 3.8) is 0 Å². The highest BCUT2D eigenvalue weighted by Crippen LogP contribution is 2.19. The molecule has 5 heteroatoms. The Morgan fingerprint density at radius 1 is 1.05 bits per heavy atom. The van der Waals surface area contributed by atoms with Gasteiger partial charge in [0.2, 0.25) is 0 Å². The van der Waals surface area contributed by atoms with Gasteiger partial charge in [0.1, 0.15) is 0 Å². The lowest BCUT2D eigenvalue weighted by atomic mass is 10.2. The van der Waals surface area contributed by atoms with Crippen LogP contribution in [-0.4, -0.2) is 14.2 Å². The first kappa shape index (κ1) is 16.0. The fourth-order valence-electron chi connectivity index (χ4n) is 2.01. The SMILES string of the molecule is CCCS(=O)(=O)c1ccc(NCc2ccccc2Br)cc1. The molecule has 0 saturated carbocycles. The van der Waals surface area contributed by atoms with Gasteiger partial charge in [-0.2, -0.15) is 0 Å². The predicted octanol–water partition coefficient (Wildman–Crippen LogP) is 4.24. The second-order valence-corrected chi connectivity index (χ2v) is 7.75. The third kappa shape index (κ3) is 4.32. The quantitative estimate of drug-likeness (QED) is 0.829. The molecule has 0 aliphatic rings. The van der Waals surface area contributed by atoms with Crippen LogP contribution in [0, 0.1) is 0 Å². The van der Waals surface area contributed by atoms with Gasteiger partial charge in [-0.25, -0.2) is 8.42 Å². The van der Waals surface area contributed by atoms with Crippen LogP contribution >= 0.6 is 15.9 Å². The van der Waals surface area contributed by atoms with Crippen molar-refractivity contribution in [1.82, 2.24) is 0 Å². The number of hydrogen-bond donors (Lipinski definition) is 1. The summed E-state index contributed by atoms with van der Waals surface area (Å²) in [5, 5.41) is 3.29.